The summed E-state index contributed by atoms with van der Waals surface area (Å²) in [6.45, 7) is 4.14. The number of nitrogens with one attached hydrogen (secondary N) is 1. The van der Waals surface area contributed by atoms with Gasteiger partial charge in [-0.1, -0.05) is 0 Å². The van der Waals surface area contributed by atoms with Crippen molar-refractivity contribution in [1.82, 2.24) is 15.1 Å². The lowest BCUT2D eigenvalue weighted by Crippen LogP contribution is -2.51. The van der Waals surface area contributed by atoms with E-state index >= 15 is 0 Å². The van der Waals surface area contributed by atoms with Gasteiger partial charge in [-0.2, -0.15) is 5.10 Å². The van der Waals surface area contributed by atoms with Gasteiger partial charge in [0.1, 0.15) is 6.54 Å². The number of hydrogen-bond acceptors (Lipinski definition) is 3. The van der Waals surface area contributed by atoms with Gasteiger partial charge in [0.15, 0.2) is 0 Å². The Hall–Kier alpha value is -1.85. The minimum Gasteiger partial charge on any atom is -0.345 e. The van der Waals surface area contributed by atoms with Crippen LogP contribution in [0.1, 0.15) is 19.9 Å². The standard InChI is InChI=1S/C10H14N4O2/c1-7(2)14-5-8(3-12-14)13-6-9(15)11-4-10(13)16/h3,5,7H,4,6H2,1-2H3,(H,11,15). The molecule has 0 aromatic carbocycles. The Morgan fingerprint density at radius 1 is 1.44 bits per heavy atom. The van der Waals surface area contributed by atoms with Crippen LogP contribution in [-0.4, -0.2) is 34.7 Å². The number of anilines is 1. The average Bonchev–Trinajstić information content (AvgIpc) is 2.70. The zero-order valence-electron chi connectivity index (χ0n) is 9.30. The summed E-state index contributed by atoms with van der Waals surface area (Å²) in [6.07, 6.45) is 3.39. The quantitative estimate of drug-likeness (QED) is 0.761. The first-order valence-corrected chi connectivity index (χ1v) is 5.19. The van der Waals surface area contributed by atoms with Gasteiger partial charge in [0, 0.05) is 12.2 Å². The van der Waals surface area contributed by atoms with Crippen molar-refractivity contribution in [1.29, 1.82) is 0 Å². The van der Waals surface area contributed by atoms with Crippen LogP contribution in [0.2, 0.25) is 0 Å². The Balaban J connectivity index is 2.21. The summed E-state index contributed by atoms with van der Waals surface area (Å²) in [6, 6.07) is 0.238. The molecule has 0 saturated carbocycles. The SMILES string of the molecule is CC(C)n1cc(N2CC(=O)NCC2=O)cn1. The Morgan fingerprint density at radius 3 is 2.81 bits per heavy atom. The molecule has 0 aliphatic carbocycles. The number of nitrogens with zero attached hydrogens (tertiary/aromatic N) is 3. The summed E-state index contributed by atoms with van der Waals surface area (Å²) < 4.78 is 1.76. The van der Waals surface area contributed by atoms with Gasteiger partial charge in [0.05, 0.1) is 18.4 Å². The Morgan fingerprint density at radius 2 is 2.19 bits per heavy atom. The molecule has 16 heavy (non-hydrogen) atoms. The van der Waals surface area contributed by atoms with Gasteiger partial charge in [-0.3, -0.25) is 19.2 Å². The smallest absolute Gasteiger partial charge is 0.246 e. The van der Waals surface area contributed by atoms with Gasteiger partial charge < -0.3 is 5.32 Å². The second kappa shape index (κ2) is 3.96. The third kappa shape index (κ3) is 1.91. The molecule has 86 valence electrons. The lowest BCUT2D eigenvalue weighted by Gasteiger charge is -2.25. The van der Waals surface area contributed by atoms with Crippen molar-refractivity contribution in [2.75, 3.05) is 18.0 Å². The van der Waals surface area contributed by atoms with Crippen molar-refractivity contribution < 1.29 is 9.59 Å². The van der Waals surface area contributed by atoms with Crippen LogP contribution < -0.4 is 10.2 Å². The van der Waals surface area contributed by atoms with E-state index in [-0.39, 0.29) is 30.9 Å². The third-order valence-corrected chi connectivity index (χ3v) is 2.47. The molecule has 2 amide bonds. The normalized spacial score (nSPS) is 16.8. The largest absolute Gasteiger partial charge is 0.345 e. The fourth-order valence-electron chi connectivity index (χ4n) is 1.54. The van der Waals surface area contributed by atoms with E-state index in [9.17, 15) is 9.59 Å². The highest BCUT2D eigenvalue weighted by Crippen LogP contribution is 2.16. The number of piperazine rings is 1. The van der Waals surface area contributed by atoms with Crippen molar-refractivity contribution >= 4 is 17.5 Å². The molecular weight excluding hydrogens is 208 g/mol. The summed E-state index contributed by atoms with van der Waals surface area (Å²) in [7, 11) is 0. The van der Waals surface area contributed by atoms with Crippen LogP contribution in [0, 0.1) is 0 Å². The maximum absolute atomic E-state index is 11.6. The second-order valence-electron chi connectivity index (χ2n) is 4.03. The van der Waals surface area contributed by atoms with Gasteiger partial charge in [0.25, 0.3) is 0 Å². The molecule has 1 fully saturated rings. The van der Waals surface area contributed by atoms with Crippen LogP contribution in [0.15, 0.2) is 12.4 Å². The highest BCUT2D eigenvalue weighted by Gasteiger charge is 2.25. The van der Waals surface area contributed by atoms with Crippen molar-refractivity contribution in [2.45, 2.75) is 19.9 Å². The monoisotopic (exact) mass is 222 g/mol. The molecule has 2 heterocycles. The first kappa shape index (κ1) is 10.7. The van der Waals surface area contributed by atoms with Gasteiger partial charge >= 0.3 is 0 Å². The van der Waals surface area contributed by atoms with Crippen molar-refractivity contribution in [3.05, 3.63) is 12.4 Å². The average molecular weight is 222 g/mol. The molecule has 0 unspecified atom stereocenters. The zero-order valence-corrected chi connectivity index (χ0v) is 9.30. The number of rotatable bonds is 2. The summed E-state index contributed by atoms with van der Waals surface area (Å²) in [4.78, 5) is 24.2. The van der Waals surface area contributed by atoms with Crippen molar-refractivity contribution in [3.8, 4) is 0 Å². The zero-order chi connectivity index (χ0) is 11.7. The van der Waals surface area contributed by atoms with Crippen LogP contribution in [0.5, 0.6) is 0 Å². The van der Waals surface area contributed by atoms with E-state index in [1.165, 1.54) is 4.90 Å². The van der Waals surface area contributed by atoms with Crippen molar-refractivity contribution in [3.63, 3.8) is 0 Å². The lowest BCUT2D eigenvalue weighted by molar-refractivity contribution is -0.128. The van der Waals surface area contributed by atoms with Gasteiger partial charge in [-0.05, 0) is 13.8 Å². The summed E-state index contributed by atoms with van der Waals surface area (Å²) >= 11 is 0. The topological polar surface area (TPSA) is 67.2 Å². The number of amides is 2. The maximum atomic E-state index is 11.6. The summed E-state index contributed by atoms with van der Waals surface area (Å²) in [5.41, 5.74) is 0.675. The highest BCUT2D eigenvalue weighted by atomic mass is 16.2. The van der Waals surface area contributed by atoms with Crippen molar-refractivity contribution in [2.24, 2.45) is 0 Å². The van der Waals surface area contributed by atoms with Crippen LogP contribution in [0.4, 0.5) is 5.69 Å². The van der Waals surface area contributed by atoms with Crippen LogP contribution >= 0.6 is 0 Å². The molecule has 1 N–H and O–H groups in total. The molecule has 0 atom stereocenters. The van der Waals surface area contributed by atoms with Crippen LogP contribution in [0.3, 0.4) is 0 Å². The third-order valence-electron chi connectivity index (χ3n) is 2.47. The number of carbonyl (C=O) groups excluding carboxylic acids is 2. The molecule has 1 aromatic rings. The van der Waals surface area contributed by atoms with E-state index in [0.717, 1.165) is 0 Å². The minimum atomic E-state index is -0.142. The molecule has 6 heteroatoms. The van der Waals surface area contributed by atoms with Gasteiger partial charge in [0.2, 0.25) is 11.8 Å². The molecule has 1 aromatic heterocycles. The molecule has 0 bridgehead atoms. The predicted molar refractivity (Wildman–Crippen MR) is 58.0 cm³/mol. The van der Waals surface area contributed by atoms with Crippen LogP contribution in [0.25, 0.3) is 0 Å². The first-order valence-electron chi connectivity index (χ1n) is 5.19. The molecule has 0 spiro atoms. The molecule has 2 rings (SSSR count). The molecule has 1 aliphatic heterocycles. The summed E-state index contributed by atoms with van der Waals surface area (Å²) in [5, 5.41) is 6.65. The Labute approximate surface area is 93.2 Å². The minimum absolute atomic E-state index is 0.0612. The number of aromatic nitrogens is 2. The number of hydrogen-bond donors (Lipinski definition) is 1. The van der Waals surface area contributed by atoms with Gasteiger partial charge in [-0.15, -0.1) is 0 Å². The summed E-state index contributed by atoms with van der Waals surface area (Å²) in [5.74, 6) is -0.250. The second-order valence-corrected chi connectivity index (χ2v) is 4.03. The van der Waals surface area contributed by atoms with E-state index < -0.39 is 0 Å². The van der Waals surface area contributed by atoms with E-state index in [1.807, 2.05) is 13.8 Å². The molecule has 6 nitrogen and oxygen atoms in total. The molecule has 1 aliphatic rings. The maximum Gasteiger partial charge on any atom is 0.246 e. The lowest BCUT2D eigenvalue weighted by atomic mass is 10.3. The first-order chi connectivity index (χ1) is 7.58. The van der Waals surface area contributed by atoms with E-state index in [0.29, 0.717) is 5.69 Å². The molecule has 1 saturated heterocycles. The molecule has 0 radical (unpaired) electrons. The fraction of sp³-hybridized carbons (Fsp3) is 0.500. The highest BCUT2D eigenvalue weighted by molar-refractivity contribution is 6.04. The van der Waals surface area contributed by atoms with E-state index in [1.54, 1.807) is 17.1 Å². The van der Waals surface area contributed by atoms with E-state index in [2.05, 4.69) is 10.4 Å². The van der Waals surface area contributed by atoms with Crippen LogP contribution in [-0.2, 0) is 9.59 Å². The Kier molecular flexibility index (Phi) is 2.64. The number of carbonyl (C=O) groups is 2. The Bertz CT molecular complexity index is 424. The molecular formula is C10H14N4O2. The fourth-order valence-corrected chi connectivity index (χ4v) is 1.54. The predicted octanol–water partition coefficient (Wildman–Crippen LogP) is -0.0732. The van der Waals surface area contributed by atoms with E-state index in [4.69, 9.17) is 0 Å². The van der Waals surface area contributed by atoms with Gasteiger partial charge in [-0.25, -0.2) is 0 Å².